The fourth-order valence-corrected chi connectivity index (χ4v) is 11.7. The Morgan fingerprint density at radius 2 is 1.10 bits per heavy atom. The first-order valence-electron chi connectivity index (χ1n) is 10.2. The number of rotatable bonds is 10. The van der Waals surface area contributed by atoms with Crippen molar-refractivity contribution in [3.63, 3.8) is 0 Å². The van der Waals surface area contributed by atoms with Crippen LogP contribution >= 0.6 is 20.8 Å². The minimum absolute atomic E-state index is 0.272. The second kappa shape index (κ2) is 10.00. The Morgan fingerprint density at radius 3 is 1.52 bits per heavy atom. The second-order valence-electron chi connectivity index (χ2n) is 7.21. The first kappa shape index (κ1) is 22.2. The van der Waals surface area contributed by atoms with Crippen molar-refractivity contribution in [3.8, 4) is 0 Å². The number of benzene rings is 3. The van der Waals surface area contributed by atoms with Crippen molar-refractivity contribution in [2.45, 2.75) is 26.3 Å². The van der Waals surface area contributed by atoms with E-state index >= 15 is 0 Å². The average molecular weight is 473 g/mol. The van der Waals surface area contributed by atoms with Crippen molar-refractivity contribution >= 4 is 31.4 Å². The van der Waals surface area contributed by atoms with E-state index in [1.54, 1.807) is 0 Å². The van der Waals surface area contributed by atoms with Gasteiger partial charge in [0.2, 0.25) is 0 Å². The van der Waals surface area contributed by atoms with E-state index in [1.807, 2.05) is 13.8 Å². The van der Waals surface area contributed by atoms with Gasteiger partial charge >= 0.3 is 183 Å². The summed E-state index contributed by atoms with van der Waals surface area (Å²) in [5.41, 5.74) is 1.31. The van der Waals surface area contributed by atoms with Crippen LogP contribution in [-0.2, 0) is 15.6 Å². The van der Waals surface area contributed by atoms with Gasteiger partial charge in [0.15, 0.2) is 0 Å². The SMILES string of the molecule is CCOC(CP(Br)(Cc1ccccc1)(c1ccccc1)c1ccccc1)OCC. The van der Waals surface area contributed by atoms with Crippen LogP contribution in [0.2, 0.25) is 0 Å². The molecule has 0 aliphatic rings. The summed E-state index contributed by atoms with van der Waals surface area (Å²) in [6.07, 6.45) is 1.40. The number of hydrogen-bond donors (Lipinski definition) is 0. The van der Waals surface area contributed by atoms with Crippen molar-refractivity contribution in [1.29, 1.82) is 0 Å². The third-order valence-electron chi connectivity index (χ3n) is 5.29. The predicted molar refractivity (Wildman–Crippen MR) is 130 cm³/mol. The van der Waals surface area contributed by atoms with Gasteiger partial charge in [-0.1, -0.05) is 0 Å². The van der Waals surface area contributed by atoms with E-state index in [0.717, 1.165) is 12.3 Å². The summed E-state index contributed by atoms with van der Waals surface area (Å²) in [4.78, 5) is 0. The van der Waals surface area contributed by atoms with Crippen LogP contribution in [0, 0.1) is 0 Å². The van der Waals surface area contributed by atoms with Crippen molar-refractivity contribution in [2.75, 3.05) is 19.4 Å². The average Bonchev–Trinajstić information content (AvgIpc) is 2.76. The molecule has 2 nitrogen and oxygen atoms in total. The van der Waals surface area contributed by atoms with Gasteiger partial charge in [0.05, 0.1) is 0 Å². The normalized spacial score (nSPS) is 13.2. The molecular formula is C25H30BrO2P. The van der Waals surface area contributed by atoms with Crippen LogP contribution in [0.4, 0.5) is 0 Å². The quantitative estimate of drug-likeness (QED) is 0.262. The van der Waals surface area contributed by atoms with E-state index < -0.39 is 5.31 Å². The summed E-state index contributed by atoms with van der Waals surface area (Å²) in [6.45, 7) is 5.30. The zero-order valence-electron chi connectivity index (χ0n) is 17.2. The van der Waals surface area contributed by atoms with Crippen LogP contribution in [0.3, 0.4) is 0 Å². The summed E-state index contributed by atoms with van der Waals surface area (Å²) in [5, 5.41) is -0.242. The van der Waals surface area contributed by atoms with Gasteiger partial charge in [0.1, 0.15) is 0 Å². The van der Waals surface area contributed by atoms with Gasteiger partial charge in [0, 0.05) is 0 Å². The molecule has 0 saturated heterocycles. The molecule has 0 heterocycles. The standard InChI is InChI=1S/C25H30BrO2P/c1-3-27-25(28-4-2)21-29(26,23-16-10-6-11-17-23,24-18-12-7-13-19-24)20-22-14-8-5-9-15-22/h5-19,25H,3-4,20-21H2,1-2H3. The molecule has 0 unspecified atom stereocenters. The van der Waals surface area contributed by atoms with E-state index in [1.165, 1.54) is 16.2 Å². The van der Waals surface area contributed by atoms with E-state index in [4.69, 9.17) is 9.47 Å². The van der Waals surface area contributed by atoms with Gasteiger partial charge in [-0.05, 0) is 0 Å². The molecule has 3 rings (SSSR count). The van der Waals surface area contributed by atoms with Gasteiger partial charge in [-0.15, -0.1) is 0 Å². The molecule has 0 aromatic heterocycles. The van der Waals surface area contributed by atoms with Gasteiger partial charge in [-0.3, -0.25) is 0 Å². The summed E-state index contributed by atoms with van der Waals surface area (Å²) in [7, 11) is 0. The summed E-state index contributed by atoms with van der Waals surface area (Å²) in [5.74, 6) is 0. The molecule has 0 aliphatic carbocycles. The third kappa shape index (κ3) is 4.98. The van der Waals surface area contributed by atoms with Crippen LogP contribution in [0.5, 0.6) is 0 Å². The minimum atomic E-state index is -2.88. The monoisotopic (exact) mass is 472 g/mol. The van der Waals surface area contributed by atoms with Crippen LogP contribution < -0.4 is 10.6 Å². The fourth-order valence-electron chi connectivity index (χ4n) is 3.95. The van der Waals surface area contributed by atoms with Crippen LogP contribution in [-0.4, -0.2) is 25.7 Å². The number of hydrogen-bond acceptors (Lipinski definition) is 2. The molecule has 0 spiro atoms. The third-order valence-corrected chi connectivity index (χ3v) is 14.4. The molecule has 3 aromatic carbocycles. The first-order valence-corrected chi connectivity index (χ1v) is 14.8. The molecule has 0 amide bonds. The van der Waals surface area contributed by atoms with Gasteiger partial charge in [-0.25, -0.2) is 0 Å². The number of halogens is 1. The molecule has 0 bridgehead atoms. The Kier molecular flexibility index (Phi) is 7.65. The maximum absolute atomic E-state index is 6.06. The molecule has 0 N–H and O–H groups in total. The predicted octanol–water partition coefficient (Wildman–Crippen LogP) is 6.10. The first-order chi connectivity index (χ1) is 14.1. The molecule has 154 valence electrons. The topological polar surface area (TPSA) is 18.5 Å². The Balaban J connectivity index is 2.23. The maximum atomic E-state index is 6.06. The molecule has 29 heavy (non-hydrogen) atoms. The molecule has 0 fully saturated rings. The number of ether oxygens (including phenoxy) is 2. The van der Waals surface area contributed by atoms with Crippen LogP contribution in [0.15, 0.2) is 91.0 Å². The van der Waals surface area contributed by atoms with Gasteiger partial charge in [0.25, 0.3) is 0 Å². The summed E-state index contributed by atoms with van der Waals surface area (Å²) in [6, 6.07) is 32.4. The van der Waals surface area contributed by atoms with Crippen LogP contribution in [0.25, 0.3) is 0 Å². The van der Waals surface area contributed by atoms with Crippen LogP contribution in [0.1, 0.15) is 19.4 Å². The Bertz CT molecular complexity index is 826. The van der Waals surface area contributed by atoms with Crippen molar-refractivity contribution in [2.24, 2.45) is 0 Å². The molecular weight excluding hydrogens is 443 g/mol. The molecule has 0 radical (unpaired) electrons. The van der Waals surface area contributed by atoms with E-state index in [0.29, 0.717) is 13.2 Å². The summed E-state index contributed by atoms with van der Waals surface area (Å²) >= 11 is 4.46. The van der Waals surface area contributed by atoms with E-state index in [-0.39, 0.29) is 6.29 Å². The Morgan fingerprint density at radius 1 is 0.690 bits per heavy atom. The fraction of sp³-hybridized carbons (Fsp3) is 0.280. The van der Waals surface area contributed by atoms with Crippen molar-refractivity contribution in [1.82, 2.24) is 0 Å². The summed E-state index contributed by atoms with van der Waals surface area (Å²) < 4.78 is 12.1. The second-order valence-corrected chi connectivity index (χ2v) is 16.8. The van der Waals surface area contributed by atoms with Crippen molar-refractivity contribution in [3.05, 3.63) is 96.6 Å². The van der Waals surface area contributed by atoms with Crippen molar-refractivity contribution < 1.29 is 9.47 Å². The molecule has 0 saturated carbocycles. The zero-order chi connectivity index (χ0) is 20.6. The Labute approximate surface area is 182 Å². The zero-order valence-corrected chi connectivity index (χ0v) is 19.7. The Hall–Kier alpha value is -1.51. The molecule has 3 aromatic rings. The molecule has 0 aliphatic heterocycles. The van der Waals surface area contributed by atoms with Gasteiger partial charge in [-0.2, -0.15) is 0 Å². The van der Waals surface area contributed by atoms with E-state index in [9.17, 15) is 0 Å². The van der Waals surface area contributed by atoms with Gasteiger partial charge < -0.3 is 0 Å². The molecule has 0 atom stereocenters. The van der Waals surface area contributed by atoms with E-state index in [2.05, 4.69) is 106 Å². The molecule has 4 heteroatoms.